The highest BCUT2D eigenvalue weighted by Crippen LogP contribution is 2.49. The average Bonchev–Trinajstić information content (AvgIpc) is 3.29. The Kier molecular flexibility index (Phi) is 7.49. The summed E-state index contributed by atoms with van der Waals surface area (Å²) < 4.78 is 64.2. The van der Waals surface area contributed by atoms with E-state index in [1.807, 2.05) is 0 Å². The molecule has 1 aromatic heterocycles. The fourth-order valence-electron chi connectivity index (χ4n) is 3.40. The van der Waals surface area contributed by atoms with Gasteiger partial charge in [-0.25, -0.2) is 14.3 Å². The Hall–Kier alpha value is -2.12. The average molecular weight is 556 g/mol. The van der Waals surface area contributed by atoms with Crippen molar-refractivity contribution in [2.45, 2.75) is 36.8 Å². The Balaban J connectivity index is 1.55. The number of carbonyl (C=O) groups is 1. The Morgan fingerprint density at radius 3 is 2.77 bits per heavy atom. The van der Waals surface area contributed by atoms with Gasteiger partial charge in [0.05, 0.1) is 18.2 Å². The van der Waals surface area contributed by atoms with E-state index in [1.165, 1.54) is 24.3 Å². The zero-order valence-corrected chi connectivity index (χ0v) is 20.0. The first kappa shape index (κ1) is 26.0. The maximum atomic E-state index is 14.7. The van der Waals surface area contributed by atoms with Gasteiger partial charge in [-0.05, 0) is 24.3 Å². The summed E-state index contributed by atoms with van der Waals surface area (Å²) in [5.41, 5.74) is -1.03. The largest absolute Gasteiger partial charge is 0.464 e. The number of nitrogens with zero attached hydrogens (tertiary/aromatic N) is 2. The molecule has 2 N–H and O–H groups in total. The van der Waals surface area contributed by atoms with E-state index in [-0.39, 0.29) is 28.8 Å². The van der Waals surface area contributed by atoms with Crippen LogP contribution in [0.15, 0.2) is 41.5 Å². The summed E-state index contributed by atoms with van der Waals surface area (Å²) in [6.07, 6.45) is -4.11. The van der Waals surface area contributed by atoms with Gasteiger partial charge >= 0.3 is 25.3 Å². The molecule has 2 fully saturated rings. The lowest BCUT2D eigenvalue weighted by atomic mass is 10.1. The third-order valence-electron chi connectivity index (χ3n) is 5.14. The Labute approximate surface area is 206 Å². The number of carbonyl (C=O) groups excluding carboxylic acids is 1. The number of aromatic nitrogens is 2. The molecule has 5 atom stereocenters. The molecule has 4 rings (SSSR count). The Morgan fingerprint density at radius 1 is 1.34 bits per heavy atom. The van der Waals surface area contributed by atoms with Gasteiger partial charge in [-0.1, -0.05) is 23.2 Å². The number of benzene rings is 1. The van der Waals surface area contributed by atoms with Crippen LogP contribution in [0, 0.1) is 0 Å². The molecule has 2 aliphatic heterocycles. The monoisotopic (exact) mass is 555 g/mol. The Morgan fingerprint density at radius 2 is 2.11 bits per heavy atom. The molecule has 0 saturated carbocycles. The van der Waals surface area contributed by atoms with Crippen LogP contribution in [0.2, 0.25) is 10.0 Å². The van der Waals surface area contributed by atoms with Crippen molar-refractivity contribution in [1.82, 2.24) is 14.6 Å². The predicted octanol–water partition coefficient (Wildman–Crippen LogP) is 2.55. The predicted molar refractivity (Wildman–Crippen MR) is 117 cm³/mol. The van der Waals surface area contributed by atoms with Gasteiger partial charge in [0.25, 0.3) is 0 Å². The minimum Gasteiger partial charge on any atom is -0.464 e. The molecule has 16 heteroatoms. The first-order valence-electron chi connectivity index (χ1n) is 10.1. The Bertz CT molecular complexity index is 1220. The van der Waals surface area contributed by atoms with E-state index in [9.17, 15) is 28.0 Å². The maximum Gasteiger partial charge on any atom is 0.459 e. The van der Waals surface area contributed by atoms with Gasteiger partial charge in [0.15, 0.2) is 6.10 Å². The first-order chi connectivity index (χ1) is 16.5. The zero-order chi connectivity index (χ0) is 25.4. The maximum absolute atomic E-state index is 14.7. The van der Waals surface area contributed by atoms with Crippen molar-refractivity contribution in [2.24, 2.45) is 0 Å². The number of aliphatic hydroxyl groups is 1. The molecule has 0 bridgehead atoms. The van der Waals surface area contributed by atoms with Crippen molar-refractivity contribution in [1.29, 1.82) is 0 Å². The van der Waals surface area contributed by atoms with Crippen LogP contribution >= 0.6 is 30.9 Å². The molecule has 0 radical (unpaired) electrons. The molecule has 2 saturated heterocycles. The molecule has 11 nitrogen and oxygen atoms in total. The van der Waals surface area contributed by atoms with Crippen LogP contribution in [0.5, 0.6) is 5.75 Å². The van der Waals surface area contributed by atoms with Crippen molar-refractivity contribution in [2.75, 3.05) is 13.2 Å². The topological polar surface area (TPSA) is 138 Å². The van der Waals surface area contributed by atoms with Crippen molar-refractivity contribution >= 4 is 36.9 Å². The molecular formula is C19H18Cl2F2N3O8P. The van der Waals surface area contributed by atoms with Gasteiger partial charge in [-0.2, -0.15) is 13.9 Å². The molecule has 190 valence electrons. The van der Waals surface area contributed by atoms with Crippen molar-refractivity contribution in [3.8, 4) is 5.75 Å². The van der Waals surface area contributed by atoms with Gasteiger partial charge in [0.2, 0.25) is 6.23 Å². The molecular weight excluding hydrogens is 538 g/mol. The molecule has 0 spiro atoms. The number of rotatable bonds is 8. The second-order valence-electron chi connectivity index (χ2n) is 7.55. The van der Waals surface area contributed by atoms with E-state index in [0.717, 1.165) is 12.4 Å². The second kappa shape index (κ2) is 10.1. The molecule has 0 amide bonds. The third-order valence-corrected chi connectivity index (χ3v) is 7.23. The normalized spacial score (nSPS) is 27.4. The summed E-state index contributed by atoms with van der Waals surface area (Å²) in [7, 11) is -4.49. The molecule has 2 aliphatic rings. The summed E-state index contributed by atoms with van der Waals surface area (Å²) in [6.45, 7) is -0.823. The van der Waals surface area contributed by atoms with Crippen molar-refractivity contribution in [3.63, 3.8) is 0 Å². The van der Waals surface area contributed by atoms with Gasteiger partial charge in [-0.15, -0.1) is 0 Å². The summed E-state index contributed by atoms with van der Waals surface area (Å²) in [5, 5.41) is 12.8. The second-order valence-corrected chi connectivity index (χ2v) is 10.1. The summed E-state index contributed by atoms with van der Waals surface area (Å²) in [6, 6.07) is 4.13. The molecule has 1 aromatic carbocycles. The van der Waals surface area contributed by atoms with Crippen molar-refractivity contribution in [3.05, 3.63) is 57.2 Å². The van der Waals surface area contributed by atoms with Crippen LogP contribution in [-0.2, 0) is 23.4 Å². The fraction of sp³-hybridized carbons (Fsp3) is 0.421. The van der Waals surface area contributed by atoms with Crippen LogP contribution < -0.4 is 15.3 Å². The number of esters is 1. The highest BCUT2D eigenvalue weighted by atomic mass is 35.5. The SMILES string of the molecule is O=C1OCC[C@@H]1NP(=O)(OCC1O[C@@H](n2cccnc2=O)C(F)(F)[C@@H]1O)Oc1ccc(Cl)cc1Cl. The van der Waals surface area contributed by atoms with E-state index in [0.29, 0.717) is 4.57 Å². The molecule has 0 aliphatic carbocycles. The number of cyclic esters (lactones) is 1. The fourth-order valence-corrected chi connectivity index (χ4v) is 5.46. The highest BCUT2D eigenvalue weighted by molar-refractivity contribution is 7.52. The summed E-state index contributed by atoms with van der Waals surface area (Å²) in [5.74, 6) is -4.79. The highest BCUT2D eigenvalue weighted by Gasteiger charge is 2.60. The number of hydrogen-bond donors (Lipinski definition) is 2. The quantitative estimate of drug-likeness (QED) is 0.369. The molecule has 2 aromatic rings. The van der Waals surface area contributed by atoms with E-state index < -0.39 is 56.4 Å². The molecule has 35 heavy (non-hydrogen) atoms. The minimum absolute atomic E-state index is 0.0446. The number of ether oxygens (including phenoxy) is 2. The van der Waals surface area contributed by atoms with Crippen LogP contribution in [-0.4, -0.2) is 58.0 Å². The number of aliphatic hydroxyl groups excluding tert-OH is 1. The lowest BCUT2D eigenvalue weighted by Gasteiger charge is -2.24. The van der Waals surface area contributed by atoms with Crippen LogP contribution in [0.3, 0.4) is 0 Å². The molecule has 3 heterocycles. The smallest absolute Gasteiger partial charge is 0.459 e. The van der Waals surface area contributed by atoms with Gasteiger partial charge < -0.3 is 19.1 Å². The summed E-state index contributed by atoms with van der Waals surface area (Å²) >= 11 is 11.9. The first-order valence-corrected chi connectivity index (χ1v) is 12.4. The third kappa shape index (κ3) is 5.51. The van der Waals surface area contributed by atoms with E-state index in [4.69, 9.17) is 41.7 Å². The minimum atomic E-state index is -4.49. The van der Waals surface area contributed by atoms with Crippen molar-refractivity contribution < 1.29 is 41.8 Å². The van der Waals surface area contributed by atoms with Gasteiger partial charge in [0.1, 0.15) is 17.9 Å². The zero-order valence-electron chi connectivity index (χ0n) is 17.6. The van der Waals surface area contributed by atoms with Crippen LogP contribution in [0.25, 0.3) is 0 Å². The lowest BCUT2D eigenvalue weighted by Crippen LogP contribution is -2.42. The van der Waals surface area contributed by atoms with E-state index in [2.05, 4.69) is 10.1 Å². The number of nitrogens with one attached hydrogen (secondary N) is 1. The van der Waals surface area contributed by atoms with Gasteiger partial charge in [0, 0.05) is 23.8 Å². The van der Waals surface area contributed by atoms with Crippen LogP contribution in [0.1, 0.15) is 12.6 Å². The number of hydrogen-bond acceptors (Lipinski definition) is 9. The van der Waals surface area contributed by atoms with E-state index in [1.54, 1.807) is 0 Å². The summed E-state index contributed by atoms with van der Waals surface area (Å²) in [4.78, 5) is 27.2. The lowest BCUT2D eigenvalue weighted by molar-refractivity contribution is -0.141. The molecule has 2 unspecified atom stereocenters. The van der Waals surface area contributed by atoms with E-state index >= 15 is 0 Å². The standard InChI is InChI=1S/C19H18Cl2F2N3O8P/c20-10-2-3-13(11(21)8-10)34-35(30,25-12-4-7-31-16(12)28)32-9-14-15(27)19(22,23)17(33-14)26-6-1-5-24-18(26)29/h1-3,5-6,8,12,14-15,17,27H,4,7,9H2,(H,25,30)/t12-,14?,15+,17+,35?/m0/s1. The van der Waals surface area contributed by atoms with Crippen LogP contribution in [0.4, 0.5) is 8.78 Å². The number of alkyl halides is 2. The van der Waals surface area contributed by atoms with Gasteiger partial charge in [-0.3, -0.25) is 13.9 Å². The number of halogens is 4.